The first kappa shape index (κ1) is 13.9. The van der Waals surface area contributed by atoms with Crippen molar-refractivity contribution in [3.05, 3.63) is 0 Å². The van der Waals surface area contributed by atoms with Crippen LogP contribution in [0.4, 0.5) is 0 Å². The Labute approximate surface area is 89.4 Å². The molecule has 0 rings (SSSR count). The standard InChI is InChI=1S/C12H27NO/c1-11(2,3)8-7-9-14-10-13-12(4,5)6/h13H,7-10H2,1-6H3. The van der Waals surface area contributed by atoms with Gasteiger partial charge >= 0.3 is 0 Å². The molecule has 0 aliphatic carbocycles. The second-order valence-corrected chi connectivity index (χ2v) is 6.14. The first-order valence-corrected chi connectivity index (χ1v) is 5.53. The molecule has 0 radical (unpaired) electrons. The van der Waals surface area contributed by atoms with E-state index in [9.17, 15) is 0 Å². The molecule has 1 N–H and O–H groups in total. The lowest BCUT2D eigenvalue weighted by Gasteiger charge is -2.21. The molecule has 0 fully saturated rings. The molecule has 2 heteroatoms. The summed E-state index contributed by atoms with van der Waals surface area (Å²) >= 11 is 0. The first-order valence-electron chi connectivity index (χ1n) is 5.53. The monoisotopic (exact) mass is 201 g/mol. The molecule has 0 atom stereocenters. The van der Waals surface area contributed by atoms with Crippen molar-refractivity contribution in [3.63, 3.8) is 0 Å². The molecule has 0 heterocycles. The molecule has 0 aromatic heterocycles. The SMILES string of the molecule is CC(C)(C)CCCOCNC(C)(C)C. The van der Waals surface area contributed by atoms with Crippen molar-refractivity contribution in [1.82, 2.24) is 5.32 Å². The van der Waals surface area contributed by atoms with Crippen LogP contribution in [-0.4, -0.2) is 18.9 Å². The van der Waals surface area contributed by atoms with Gasteiger partial charge in [0.05, 0.1) is 6.73 Å². The second kappa shape index (κ2) is 5.72. The quantitative estimate of drug-likeness (QED) is 0.545. The zero-order valence-corrected chi connectivity index (χ0v) is 10.7. The van der Waals surface area contributed by atoms with Gasteiger partial charge in [0, 0.05) is 12.1 Å². The minimum absolute atomic E-state index is 0.157. The van der Waals surface area contributed by atoms with Crippen molar-refractivity contribution in [1.29, 1.82) is 0 Å². The molecule has 0 unspecified atom stereocenters. The van der Waals surface area contributed by atoms with Crippen LogP contribution in [0.3, 0.4) is 0 Å². The van der Waals surface area contributed by atoms with Crippen molar-refractivity contribution in [2.24, 2.45) is 5.41 Å². The summed E-state index contributed by atoms with van der Waals surface area (Å²) in [6.07, 6.45) is 2.37. The predicted molar refractivity (Wildman–Crippen MR) is 62.4 cm³/mol. The van der Waals surface area contributed by atoms with Gasteiger partial charge in [0.2, 0.25) is 0 Å². The molecular formula is C12H27NO. The molecule has 0 aliphatic heterocycles. The van der Waals surface area contributed by atoms with Gasteiger partial charge in [0.15, 0.2) is 0 Å². The van der Waals surface area contributed by atoms with E-state index in [1.807, 2.05) is 0 Å². The van der Waals surface area contributed by atoms with Gasteiger partial charge in [-0.2, -0.15) is 0 Å². The lowest BCUT2D eigenvalue weighted by molar-refractivity contribution is 0.0904. The Morgan fingerprint density at radius 3 is 2.00 bits per heavy atom. The summed E-state index contributed by atoms with van der Waals surface area (Å²) in [5, 5.41) is 3.30. The van der Waals surface area contributed by atoms with E-state index in [2.05, 4.69) is 46.9 Å². The molecule has 0 saturated heterocycles. The Hall–Kier alpha value is -0.0800. The van der Waals surface area contributed by atoms with Gasteiger partial charge in [-0.1, -0.05) is 20.8 Å². The van der Waals surface area contributed by atoms with Crippen LogP contribution in [0.15, 0.2) is 0 Å². The van der Waals surface area contributed by atoms with Crippen molar-refractivity contribution >= 4 is 0 Å². The van der Waals surface area contributed by atoms with Gasteiger partial charge in [0.1, 0.15) is 0 Å². The summed E-state index contributed by atoms with van der Waals surface area (Å²) in [5.41, 5.74) is 0.588. The Bertz CT molecular complexity index is 123. The molecule has 0 aliphatic rings. The second-order valence-electron chi connectivity index (χ2n) is 6.14. The van der Waals surface area contributed by atoms with Crippen LogP contribution in [0.2, 0.25) is 0 Å². The van der Waals surface area contributed by atoms with Crippen molar-refractivity contribution < 1.29 is 4.74 Å². The van der Waals surface area contributed by atoms with E-state index in [4.69, 9.17) is 4.74 Å². The number of nitrogens with one attached hydrogen (secondary N) is 1. The van der Waals surface area contributed by atoms with Crippen LogP contribution in [0.25, 0.3) is 0 Å². The van der Waals surface area contributed by atoms with Gasteiger partial charge in [-0.25, -0.2) is 0 Å². The number of ether oxygens (including phenoxy) is 1. The van der Waals surface area contributed by atoms with Gasteiger partial charge < -0.3 is 4.74 Å². The maximum atomic E-state index is 5.49. The van der Waals surface area contributed by atoms with Gasteiger partial charge in [-0.15, -0.1) is 0 Å². The fourth-order valence-corrected chi connectivity index (χ4v) is 1.04. The van der Waals surface area contributed by atoms with Crippen LogP contribution < -0.4 is 5.32 Å². The smallest absolute Gasteiger partial charge is 0.0969 e. The maximum absolute atomic E-state index is 5.49. The average Bonchev–Trinajstić information content (AvgIpc) is 1.92. The van der Waals surface area contributed by atoms with Crippen molar-refractivity contribution in [2.75, 3.05) is 13.3 Å². The fraction of sp³-hybridized carbons (Fsp3) is 1.00. The van der Waals surface area contributed by atoms with Gasteiger partial charge in [-0.05, 0) is 39.0 Å². The van der Waals surface area contributed by atoms with Crippen LogP contribution in [0.5, 0.6) is 0 Å². The lowest BCUT2D eigenvalue weighted by atomic mass is 9.91. The Balaban J connectivity index is 3.23. The molecular weight excluding hydrogens is 174 g/mol. The molecule has 86 valence electrons. The summed E-state index contributed by atoms with van der Waals surface area (Å²) in [6, 6.07) is 0. The highest BCUT2D eigenvalue weighted by Crippen LogP contribution is 2.20. The summed E-state index contributed by atoms with van der Waals surface area (Å²) in [4.78, 5) is 0. The molecule has 14 heavy (non-hydrogen) atoms. The number of rotatable bonds is 5. The van der Waals surface area contributed by atoms with E-state index >= 15 is 0 Å². The summed E-state index contributed by atoms with van der Waals surface area (Å²) in [5.74, 6) is 0. The van der Waals surface area contributed by atoms with Crippen molar-refractivity contribution in [3.8, 4) is 0 Å². The van der Waals surface area contributed by atoms with Crippen molar-refractivity contribution in [2.45, 2.75) is 59.9 Å². The molecule has 0 amide bonds. The Morgan fingerprint density at radius 2 is 1.57 bits per heavy atom. The largest absolute Gasteiger partial charge is 0.366 e. The summed E-state index contributed by atoms with van der Waals surface area (Å²) < 4.78 is 5.49. The predicted octanol–water partition coefficient (Wildman–Crippen LogP) is 3.17. The highest BCUT2D eigenvalue weighted by Gasteiger charge is 2.10. The normalized spacial score (nSPS) is 13.3. The van der Waals surface area contributed by atoms with Gasteiger partial charge in [0.25, 0.3) is 0 Å². The molecule has 0 saturated carbocycles. The molecule has 2 nitrogen and oxygen atoms in total. The minimum atomic E-state index is 0.157. The van der Waals surface area contributed by atoms with E-state index in [0.29, 0.717) is 12.1 Å². The summed E-state index contributed by atoms with van der Waals surface area (Å²) in [6.45, 7) is 14.7. The topological polar surface area (TPSA) is 21.3 Å². The number of hydrogen-bond acceptors (Lipinski definition) is 2. The minimum Gasteiger partial charge on any atom is -0.366 e. The third-order valence-electron chi connectivity index (χ3n) is 1.92. The maximum Gasteiger partial charge on any atom is 0.0969 e. The third-order valence-corrected chi connectivity index (χ3v) is 1.92. The molecule has 0 aromatic rings. The zero-order valence-electron chi connectivity index (χ0n) is 10.7. The first-order chi connectivity index (χ1) is 6.21. The number of hydrogen-bond donors (Lipinski definition) is 1. The van der Waals surface area contributed by atoms with E-state index in [1.165, 1.54) is 6.42 Å². The Kier molecular flexibility index (Phi) is 5.68. The van der Waals surface area contributed by atoms with Crippen LogP contribution in [-0.2, 0) is 4.74 Å². The molecule has 0 aromatic carbocycles. The summed E-state index contributed by atoms with van der Waals surface area (Å²) in [7, 11) is 0. The Morgan fingerprint density at radius 1 is 1.00 bits per heavy atom. The molecule has 0 bridgehead atoms. The van der Waals surface area contributed by atoms with E-state index in [0.717, 1.165) is 13.0 Å². The highest BCUT2D eigenvalue weighted by molar-refractivity contribution is 4.67. The van der Waals surface area contributed by atoms with Crippen LogP contribution in [0.1, 0.15) is 54.4 Å². The lowest BCUT2D eigenvalue weighted by Crippen LogP contribution is -2.37. The van der Waals surface area contributed by atoms with E-state index in [1.54, 1.807) is 0 Å². The average molecular weight is 201 g/mol. The third kappa shape index (κ3) is 11.9. The van der Waals surface area contributed by atoms with E-state index < -0.39 is 0 Å². The van der Waals surface area contributed by atoms with E-state index in [-0.39, 0.29) is 5.54 Å². The highest BCUT2D eigenvalue weighted by atomic mass is 16.5. The molecule has 0 spiro atoms. The van der Waals surface area contributed by atoms with Gasteiger partial charge in [-0.3, -0.25) is 5.32 Å². The van der Waals surface area contributed by atoms with Crippen LogP contribution in [0, 0.1) is 5.41 Å². The van der Waals surface area contributed by atoms with Crippen LogP contribution >= 0.6 is 0 Å². The zero-order chi connectivity index (χ0) is 11.2. The fourth-order valence-electron chi connectivity index (χ4n) is 1.04.